The summed E-state index contributed by atoms with van der Waals surface area (Å²) < 4.78 is 5.58. The van der Waals surface area contributed by atoms with Crippen LogP contribution in [0.4, 0.5) is 0 Å². The van der Waals surface area contributed by atoms with Crippen LogP contribution in [0.2, 0.25) is 0 Å². The maximum absolute atomic E-state index is 6.09. The molecule has 1 heterocycles. The summed E-state index contributed by atoms with van der Waals surface area (Å²) in [5.74, 6) is 0. The molecule has 0 aromatic carbocycles. The van der Waals surface area contributed by atoms with Crippen LogP contribution in [-0.4, -0.2) is 43.3 Å². The average molecular weight is 242 g/mol. The smallest absolute Gasteiger partial charge is 0.0484 e. The summed E-state index contributed by atoms with van der Waals surface area (Å²) >= 11 is 0. The van der Waals surface area contributed by atoms with Gasteiger partial charge in [0.15, 0.2) is 0 Å². The van der Waals surface area contributed by atoms with E-state index in [2.05, 4.69) is 39.6 Å². The Balaban J connectivity index is 2.83. The summed E-state index contributed by atoms with van der Waals surface area (Å²) in [4.78, 5) is 2.50. The fourth-order valence-electron chi connectivity index (χ4n) is 2.69. The number of ether oxygens (including phenoxy) is 1. The van der Waals surface area contributed by atoms with Crippen molar-refractivity contribution in [2.75, 3.05) is 26.8 Å². The molecule has 1 rings (SSSR count). The average Bonchev–Trinajstić information content (AvgIpc) is 2.52. The highest BCUT2D eigenvalue weighted by atomic mass is 16.5. The summed E-state index contributed by atoms with van der Waals surface area (Å²) in [5, 5.41) is 0. The van der Waals surface area contributed by atoms with Crippen LogP contribution in [0.15, 0.2) is 0 Å². The molecular weight excluding hydrogens is 212 g/mol. The Kier molecular flexibility index (Phi) is 4.99. The van der Waals surface area contributed by atoms with Gasteiger partial charge in [0.2, 0.25) is 0 Å². The largest absolute Gasteiger partial charge is 0.381 e. The van der Waals surface area contributed by atoms with E-state index in [0.29, 0.717) is 6.04 Å². The van der Waals surface area contributed by atoms with Gasteiger partial charge in [-0.2, -0.15) is 0 Å². The van der Waals surface area contributed by atoms with Crippen LogP contribution >= 0.6 is 0 Å². The van der Waals surface area contributed by atoms with E-state index in [9.17, 15) is 0 Å². The molecule has 3 nitrogen and oxygen atoms in total. The van der Waals surface area contributed by atoms with Gasteiger partial charge in [0.1, 0.15) is 0 Å². The predicted molar refractivity (Wildman–Crippen MR) is 73.1 cm³/mol. The molecule has 17 heavy (non-hydrogen) atoms. The lowest BCUT2D eigenvalue weighted by Gasteiger charge is -2.48. The standard InChI is InChI=1S/C14H30N2O/c1-12(13(2,3)4)16(5)14(11-15)7-6-9-17-10-8-14/h12H,6-11,15H2,1-5H3. The lowest BCUT2D eigenvalue weighted by atomic mass is 9.81. The third-order valence-electron chi connectivity index (χ3n) is 4.61. The highest BCUT2D eigenvalue weighted by Gasteiger charge is 2.39. The number of rotatable bonds is 3. The Bertz CT molecular complexity index is 227. The second-order valence-electron chi connectivity index (χ2n) is 6.55. The normalized spacial score (nSPS) is 29.1. The molecule has 2 unspecified atom stereocenters. The van der Waals surface area contributed by atoms with Crippen LogP contribution in [0.1, 0.15) is 47.0 Å². The minimum Gasteiger partial charge on any atom is -0.381 e. The Morgan fingerprint density at radius 2 is 1.94 bits per heavy atom. The fourth-order valence-corrected chi connectivity index (χ4v) is 2.69. The van der Waals surface area contributed by atoms with E-state index in [4.69, 9.17) is 10.5 Å². The fraction of sp³-hybridized carbons (Fsp3) is 1.00. The Labute approximate surface area is 107 Å². The molecule has 1 aliphatic rings. The first-order valence-corrected chi connectivity index (χ1v) is 6.84. The lowest BCUT2D eigenvalue weighted by Crippen LogP contribution is -2.58. The van der Waals surface area contributed by atoms with Crippen molar-refractivity contribution in [2.45, 2.75) is 58.5 Å². The van der Waals surface area contributed by atoms with Crippen molar-refractivity contribution in [3.63, 3.8) is 0 Å². The molecule has 1 saturated heterocycles. The first-order chi connectivity index (χ1) is 7.83. The molecule has 1 aliphatic heterocycles. The van der Waals surface area contributed by atoms with Gasteiger partial charge < -0.3 is 10.5 Å². The van der Waals surface area contributed by atoms with Crippen molar-refractivity contribution in [3.05, 3.63) is 0 Å². The second-order valence-corrected chi connectivity index (χ2v) is 6.55. The number of nitrogens with two attached hydrogens (primary N) is 1. The third-order valence-corrected chi connectivity index (χ3v) is 4.61. The quantitative estimate of drug-likeness (QED) is 0.825. The van der Waals surface area contributed by atoms with Gasteiger partial charge >= 0.3 is 0 Å². The predicted octanol–water partition coefficient (Wildman–Crippen LogP) is 2.25. The monoisotopic (exact) mass is 242 g/mol. The van der Waals surface area contributed by atoms with E-state index in [-0.39, 0.29) is 11.0 Å². The maximum Gasteiger partial charge on any atom is 0.0484 e. The minimum absolute atomic E-state index is 0.128. The van der Waals surface area contributed by atoms with Gasteiger partial charge in [-0.1, -0.05) is 20.8 Å². The van der Waals surface area contributed by atoms with Crippen LogP contribution < -0.4 is 5.73 Å². The van der Waals surface area contributed by atoms with Crippen molar-refractivity contribution < 1.29 is 4.74 Å². The molecule has 0 aliphatic carbocycles. The highest BCUT2D eigenvalue weighted by Crippen LogP contribution is 2.33. The van der Waals surface area contributed by atoms with Gasteiger partial charge in [0.05, 0.1) is 0 Å². The number of hydrogen-bond donors (Lipinski definition) is 1. The van der Waals surface area contributed by atoms with Crippen LogP contribution in [0, 0.1) is 5.41 Å². The molecule has 0 bridgehead atoms. The van der Waals surface area contributed by atoms with E-state index in [1.807, 2.05) is 0 Å². The van der Waals surface area contributed by atoms with Crippen molar-refractivity contribution >= 4 is 0 Å². The van der Waals surface area contributed by atoms with Crippen molar-refractivity contribution in [1.82, 2.24) is 4.90 Å². The van der Waals surface area contributed by atoms with Crippen LogP contribution in [0.5, 0.6) is 0 Å². The van der Waals surface area contributed by atoms with Crippen molar-refractivity contribution in [2.24, 2.45) is 11.1 Å². The van der Waals surface area contributed by atoms with Gasteiger partial charge in [-0.15, -0.1) is 0 Å². The molecule has 1 fully saturated rings. The van der Waals surface area contributed by atoms with E-state index >= 15 is 0 Å². The third kappa shape index (κ3) is 3.43. The van der Waals surface area contributed by atoms with Crippen LogP contribution in [0.3, 0.4) is 0 Å². The second kappa shape index (κ2) is 5.68. The molecule has 0 aromatic rings. The summed E-state index contributed by atoms with van der Waals surface area (Å²) in [6, 6.07) is 0.518. The molecule has 0 saturated carbocycles. The zero-order valence-corrected chi connectivity index (χ0v) is 12.3. The Morgan fingerprint density at radius 3 is 2.47 bits per heavy atom. The summed E-state index contributed by atoms with van der Waals surface area (Å²) in [6.45, 7) is 11.7. The zero-order valence-electron chi connectivity index (χ0n) is 12.3. The van der Waals surface area contributed by atoms with E-state index < -0.39 is 0 Å². The molecule has 0 amide bonds. The van der Waals surface area contributed by atoms with Crippen LogP contribution in [0.25, 0.3) is 0 Å². The maximum atomic E-state index is 6.09. The SMILES string of the molecule is CC(N(C)C1(CN)CCCOCC1)C(C)(C)C. The minimum atomic E-state index is 0.128. The molecule has 2 N–H and O–H groups in total. The summed E-state index contributed by atoms with van der Waals surface area (Å²) in [5.41, 5.74) is 6.50. The van der Waals surface area contributed by atoms with Gasteiger partial charge in [-0.3, -0.25) is 4.90 Å². The number of hydrogen-bond acceptors (Lipinski definition) is 3. The number of nitrogens with zero attached hydrogens (tertiary/aromatic N) is 1. The molecule has 0 aromatic heterocycles. The van der Waals surface area contributed by atoms with Gasteiger partial charge in [-0.05, 0) is 38.6 Å². The summed E-state index contributed by atoms with van der Waals surface area (Å²) in [7, 11) is 2.23. The van der Waals surface area contributed by atoms with Gasteiger partial charge in [-0.25, -0.2) is 0 Å². The molecule has 2 atom stereocenters. The molecular formula is C14H30N2O. The summed E-state index contributed by atoms with van der Waals surface area (Å²) in [6.07, 6.45) is 3.33. The molecule has 0 spiro atoms. The van der Waals surface area contributed by atoms with Gasteiger partial charge in [0.25, 0.3) is 0 Å². The number of likely N-dealkylation sites (N-methyl/N-ethyl adjacent to an activating group) is 1. The van der Waals surface area contributed by atoms with Crippen LogP contribution in [-0.2, 0) is 4.74 Å². The molecule has 102 valence electrons. The van der Waals surface area contributed by atoms with E-state index in [1.54, 1.807) is 0 Å². The first kappa shape index (κ1) is 14.9. The Hall–Kier alpha value is -0.120. The molecule has 3 heteroatoms. The Morgan fingerprint density at radius 1 is 1.29 bits per heavy atom. The topological polar surface area (TPSA) is 38.5 Å². The molecule has 0 radical (unpaired) electrons. The first-order valence-electron chi connectivity index (χ1n) is 6.84. The van der Waals surface area contributed by atoms with Gasteiger partial charge in [0, 0.05) is 31.3 Å². The van der Waals surface area contributed by atoms with E-state index in [0.717, 1.165) is 39.0 Å². The van der Waals surface area contributed by atoms with Crippen molar-refractivity contribution in [3.8, 4) is 0 Å². The van der Waals surface area contributed by atoms with E-state index in [1.165, 1.54) is 0 Å². The van der Waals surface area contributed by atoms with Crippen molar-refractivity contribution in [1.29, 1.82) is 0 Å². The lowest BCUT2D eigenvalue weighted by molar-refractivity contribution is 0.0172. The zero-order chi connectivity index (χ0) is 13.1. The highest BCUT2D eigenvalue weighted by molar-refractivity contribution is 4.95.